The van der Waals surface area contributed by atoms with Crippen LogP contribution in [0, 0.1) is 0 Å². The molecule has 2 aromatic heterocycles. The lowest BCUT2D eigenvalue weighted by Gasteiger charge is -2.11. The van der Waals surface area contributed by atoms with Crippen LogP contribution in [0.15, 0.2) is 40.3 Å². The molecule has 0 unspecified atom stereocenters. The predicted octanol–water partition coefficient (Wildman–Crippen LogP) is 2.45. The molecule has 10 heteroatoms. The second-order valence-electron chi connectivity index (χ2n) is 6.46. The van der Waals surface area contributed by atoms with Crippen LogP contribution in [0.3, 0.4) is 0 Å². The number of hydrogen-bond acceptors (Lipinski definition) is 7. The Bertz CT molecular complexity index is 1110. The molecular formula is C19H21N5O4S. The highest BCUT2D eigenvalue weighted by atomic mass is 32.2. The van der Waals surface area contributed by atoms with Crippen LogP contribution in [0.1, 0.15) is 42.7 Å². The monoisotopic (exact) mass is 415 g/mol. The van der Waals surface area contributed by atoms with Crippen LogP contribution >= 0.6 is 11.8 Å². The molecule has 9 nitrogen and oxygen atoms in total. The van der Waals surface area contributed by atoms with Crippen LogP contribution in [-0.4, -0.2) is 43.8 Å². The number of hydrogen-bond donors (Lipinski definition) is 2. The number of aromatic nitrogens is 4. The summed E-state index contributed by atoms with van der Waals surface area (Å²) in [5, 5.41) is 11.3. The second-order valence-corrected chi connectivity index (χ2v) is 7.40. The first-order valence-electron chi connectivity index (χ1n) is 9.07. The molecule has 0 bridgehead atoms. The Labute approximate surface area is 170 Å². The molecule has 0 radical (unpaired) electrons. The number of para-hydroxylation sites is 1. The summed E-state index contributed by atoms with van der Waals surface area (Å²) in [6.07, 6.45) is 0. The summed E-state index contributed by atoms with van der Waals surface area (Å²) < 4.78 is 6.75. The molecule has 0 aliphatic carbocycles. The lowest BCUT2D eigenvalue weighted by molar-refractivity contribution is -0.113. The van der Waals surface area contributed by atoms with Gasteiger partial charge in [-0.15, -0.1) is 10.2 Å². The Balaban J connectivity index is 1.76. The Morgan fingerprint density at radius 3 is 2.76 bits per heavy atom. The average molecular weight is 415 g/mol. The van der Waals surface area contributed by atoms with E-state index in [4.69, 9.17) is 4.74 Å². The van der Waals surface area contributed by atoms with E-state index in [2.05, 4.69) is 20.5 Å². The molecule has 2 N–H and O–H groups in total. The van der Waals surface area contributed by atoms with E-state index in [1.807, 2.05) is 13.8 Å². The van der Waals surface area contributed by atoms with Crippen molar-refractivity contribution >= 4 is 35.1 Å². The third-order valence-electron chi connectivity index (χ3n) is 4.03. The maximum Gasteiger partial charge on any atom is 0.340 e. The van der Waals surface area contributed by atoms with Gasteiger partial charge < -0.3 is 10.1 Å². The molecular weight excluding hydrogens is 394 g/mol. The van der Waals surface area contributed by atoms with Gasteiger partial charge in [-0.3, -0.25) is 19.0 Å². The third kappa shape index (κ3) is 4.65. The van der Waals surface area contributed by atoms with Crippen LogP contribution in [0.4, 0.5) is 5.69 Å². The van der Waals surface area contributed by atoms with Crippen molar-refractivity contribution in [1.29, 1.82) is 0 Å². The molecule has 0 aliphatic heterocycles. The number of benzene rings is 1. The number of thioether (sulfide) groups is 1. The number of rotatable bonds is 7. The predicted molar refractivity (Wildman–Crippen MR) is 109 cm³/mol. The lowest BCUT2D eigenvalue weighted by Crippen LogP contribution is -2.18. The van der Waals surface area contributed by atoms with Gasteiger partial charge in [0, 0.05) is 11.8 Å². The summed E-state index contributed by atoms with van der Waals surface area (Å²) in [5.74, 6) is -0.351. The number of carbonyl (C=O) groups is 2. The summed E-state index contributed by atoms with van der Waals surface area (Å²) in [6.45, 7) is 5.89. The van der Waals surface area contributed by atoms with Crippen LogP contribution in [0.2, 0.25) is 0 Å². The molecule has 0 aliphatic rings. The van der Waals surface area contributed by atoms with Gasteiger partial charge in [0.1, 0.15) is 0 Å². The first kappa shape index (κ1) is 20.6. The molecule has 29 heavy (non-hydrogen) atoms. The van der Waals surface area contributed by atoms with Gasteiger partial charge >= 0.3 is 5.97 Å². The number of amides is 1. The minimum atomic E-state index is -0.495. The topological polar surface area (TPSA) is 118 Å². The number of ether oxygens (including phenoxy) is 1. The second kappa shape index (κ2) is 8.91. The maximum absolute atomic E-state index is 12.5. The Morgan fingerprint density at radius 2 is 2.03 bits per heavy atom. The third-order valence-corrected chi connectivity index (χ3v) is 4.95. The maximum atomic E-state index is 12.5. The number of nitrogens with one attached hydrogen (secondary N) is 2. The normalized spacial score (nSPS) is 11.0. The van der Waals surface area contributed by atoms with Crippen LogP contribution in [0.25, 0.3) is 5.78 Å². The van der Waals surface area contributed by atoms with E-state index in [-0.39, 0.29) is 29.7 Å². The summed E-state index contributed by atoms with van der Waals surface area (Å²) in [5.41, 5.74) is 1.18. The summed E-state index contributed by atoms with van der Waals surface area (Å²) in [7, 11) is 0. The van der Waals surface area contributed by atoms with Crippen LogP contribution in [0.5, 0.6) is 0 Å². The Morgan fingerprint density at radius 1 is 1.28 bits per heavy atom. The first-order chi connectivity index (χ1) is 13.9. The molecule has 2 heterocycles. The molecule has 3 aromatic rings. The molecule has 3 rings (SSSR count). The minimum Gasteiger partial charge on any atom is -0.462 e. The fraction of sp³-hybridized carbons (Fsp3) is 0.316. The van der Waals surface area contributed by atoms with Crippen molar-refractivity contribution in [3.05, 3.63) is 51.9 Å². The van der Waals surface area contributed by atoms with E-state index in [1.165, 1.54) is 17.8 Å². The van der Waals surface area contributed by atoms with E-state index >= 15 is 0 Å². The van der Waals surface area contributed by atoms with E-state index in [1.54, 1.807) is 35.6 Å². The number of H-pyrrole nitrogens is 1. The quantitative estimate of drug-likeness (QED) is 0.449. The van der Waals surface area contributed by atoms with Gasteiger partial charge in [0.05, 0.1) is 23.6 Å². The van der Waals surface area contributed by atoms with Gasteiger partial charge in [-0.25, -0.2) is 4.79 Å². The zero-order chi connectivity index (χ0) is 21.0. The van der Waals surface area contributed by atoms with Crippen molar-refractivity contribution in [3.63, 3.8) is 0 Å². The standard InChI is InChI=1S/C19H21N5O4S/c1-4-28-17(27)12-7-5-6-8-13(12)20-16(26)10-29-19-23-22-18-21-15(25)9-14(11(2)3)24(18)19/h5-9,11H,4,10H2,1-3H3,(H,20,26)(H,21,22,25). The smallest absolute Gasteiger partial charge is 0.340 e. The van der Waals surface area contributed by atoms with E-state index in [0.717, 1.165) is 5.69 Å². The van der Waals surface area contributed by atoms with Gasteiger partial charge in [-0.05, 0) is 25.0 Å². The van der Waals surface area contributed by atoms with Crippen molar-refractivity contribution in [2.45, 2.75) is 31.8 Å². The van der Waals surface area contributed by atoms with Gasteiger partial charge in [0.2, 0.25) is 11.7 Å². The Hall–Kier alpha value is -3.14. The fourth-order valence-electron chi connectivity index (χ4n) is 2.74. The van der Waals surface area contributed by atoms with Gasteiger partial charge in [0.15, 0.2) is 5.16 Å². The molecule has 0 atom stereocenters. The van der Waals surface area contributed by atoms with Crippen LogP contribution < -0.4 is 10.9 Å². The van der Waals surface area contributed by atoms with E-state index in [0.29, 0.717) is 22.2 Å². The van der Waals surface area contributed by atoms with Crippen molar-refractivity contribution in [1.82, 2.24) is 19.6 Å². The van der Waals surface area contributed by atoms with Gasteiger partial charge in [-0.1, -0.05) is 37.7 Å². The summed E-state index contributed by atoms with van der Waals surface area (Å²) >= 11 is 1.18. The SMILES string of the molecule is CCOC(=O)c1ccccc1NC(=O)CSc1nnc2[nH]c(=O)cc(C(C)C)n12. The minimum absolute atomic E-state index is 0.0502. The highest BCUT2D eigenvalue weighted by Gasteiger charge is 2.17. The van der Waals surface area contributed by atoms with Crippen molar-refractivity contribution in [2.75, 3.05) is 17.7 Å². The molecule has 1 aromatic carbocycles. The number of nitrogens with zero attached hydrogens (tertiary/aromatic N) is 3. The number of aromatic amines is 1. The Kier molecular flexibility index (Phi) is 6.32. The molecule has 0 fully saturated rings. The highest BCUT2D eigenvalue weighted by molar-refractivity contribution is 7.99. The number of anilines is 1. The number of fused-ring (bicyclic) bond motifs is 1. The van der Waals surface area contributed by atoms with E-state index < -0.39 is 5.97 Å². The van der Waals surface area contributed by atoms with E-state index in [9.17, 15) is 14.4 Å². The van der Waals surface area contributed by atoms with Gasteiger partial charge in [0.25, 0.3) is 5.56 Å². The van der Waals surface area contributed by atoms with Crippen molar-refractivity contribution in [2.24, 2.45) is 0 Å². The average Bonchev–Trinajstić information content (AvgIpc) is 3.08. The molecule has 152 valence electrons. The van der Waals surface area contributed by atoms with Crippen LogP contribution in [-0.2, 0) is 9.53 Å². The molecule has 1 amide bonds. The fourth-order valence-corrected chi connectivity index (χ4v) is 3.49. The molecule has 0 spiro atoms. The summed E-state index contributed by atoms with van der Waals surface area (Å²) in [4.78, 5) is 38.9. The first-order valence-corrected chi connectivity index (χ1v) is 10.1. The highest BCUT2D eigenvalue weighted by Crippen LogP contribution is 2.22. The molecule has 0 saturated heterocycles. The number of carbonyl (C=O) groups excluding carboxylic acids is 2. The number of esters is 1. The molecule has 0 saturated carbocycles. The largest absolute Gasteiger partial charge is 0.462 e. The lowest BCUT2D eigenvalue weighted by atomic mass is 10.1. The zero-order valence-electron chi connectivity index (χ0n) is 16.3. The van der Waals surface area contributed by atoms with Crippen molar-refractivity contribution in [3.8, 4) is 0 Å². The zero-order valence-corrected chi connectivity index (χ0v) is 17.1. The van der Waals surface area contributed by atoms with Crippen molar-refractivity contribution < 1.29 is 14.3 Å². The van der Waals surface area contributed by atoms with Gasteiger partial charge in [-0.2, -0.15) is 0 Å². The summed E-state index contributed by atoms with van der Waals surface area (Å²) in [6, 6.07) is 8.16.